The summed E-state index contributed by atoms with van der Waals surface area (Å²) >= 11 is 6.19. The van der Waals surface area contributed by atoms with E-state index < -0.39 is 0 Å². The molecule has 0 saturated heterocycles. The Morgan fingerprint density at radius 1 is 1.39 bits per heavy atom. The van der Waals surface area contributed by atoms with E-state index in [-0.39, 0.29) is 17.6 Å². The third-order valence-corrected chi connectivity index (χ3v) is 2.94. The van der Waals surface area contributed by atoms with Gasteiger partial charge in [-0.05, 0) is 33.9 Å². The van der Waals surface area contributed by atoms with Crippen molar-refractivity contribution < 1.29 is 9.53 Å². The van der Waals surface area contributed by atoms with Gasteiger partial charge in [0.25, 0.3) is 0 Å². The summed E-state index contributed by atoms with van der Waals surface area (Å²) in [5.74, 6) is 0.511. The average molecular weight is 269 g/mol. The first kappa shape index (κ1) is 13.2. The van der Waals surface area contributed by atoms with Gasteiger partial charge >= 0.3 is 0 Å². The summed E-state index contributed by atoms with van der Waals surface area (Å²) < 4.78 is 5.76. The standard InChI is InChI=1S/C13H17ClN2O2/c1-13(2,3)18-10-6-9-7(5-8(10)14)11(15-4)12(17)16-9/h5-6,11,15H,1-4H3,(H,16,17). The van der Waals surface area contributed by atoms with Crippen LogP contribution in [0, 0.1) is 0 Å². The van der Waals surface area contributed by atoms with E-state index >= 15 is 0 Å². The van der Waals surface area contributed by atoms with Crippen LogP contribution in [0.15, 0.2) is 12.1 Å². The van der Waals surface area contributed by atoms with Crippen LogP contribution in [0.3, 0.4) is 0 Å². The van der Waals surface area contributed by atoms with Crippen molar-refractivity contribution in [1.82, 2.24) is 5.32 Å². The highest BCUT2D eigenvalue weighted by Crippen LogP contribution is 2.39. The molecule has 0 spiro atoms. The Morgan fingerprint density at radius 2 is 2.06 bits per heavy atom. The van der Waals surface area contributed by atoms with Crippen molar-refractivity contribution in [2.24, 2.45) is 0 Å². The zero-order valence-electron chi connectivity index (χ0n) is 10.9. The molecule has 4 nitrogen and oxygen atoms in total. The number of carbonyl (C=O) groups excluding carboxylic acids is 1. The smallest absolute Gasteiger partial charge is 0.246 e. The number of anilines is 1. The van der Waals surface area contributed by atoms with Crippen molar-refractivity contribution in [2.45, 2.75) is 32.4 Å². The molecule has 1 heterocycles. The molecule has 0 radical (unpaired) electrons. The summed E-state index contributed by atoms with van der Waals surface area (Å²) in [5.41, 5.74) is 1.28. The lowest BCUT2D eigenvalue weighted by atomic mass is 10.1. The average Bonchev–Trinajstić information content (AvgIpc) is 2.51. The second-order valence-corrected chi connectivity index (χ2v) is 5.70. The molecule has 1 amide bonds. The van der Waals surface area contributed by atoms with Crippen molar-refractivity contribution in [3.63, 3.8) is 0 Å². The van der Waals surface area contributed by atoms with E-state index in [1.54, 1.807) is 19.2 Å². The molecule has 1 aliphatic heterocycles. The van der Waals surface area contributed by atoms with E-state index in [0.717, 1.165) is 11.3 Å². The normalized spacial score (nSPS) is 18.5. The van der Waals surface area contributed by atoms with Crippen LogP contribution >= 0.6 is 11.6 Å². The number of ether oxygens (including phenoxy) is 1. The molecule has 0 aromatic heterocycles. The Kier molecular flexibility index (Phi) is 3.25. The second kappa shape index (κ2) is 4.44. The van der Waals surface area contributed by atoms with E-state index in [1.807, 2.05) is 20.8 Å². The Hall–Kier alpha value is -1.26. The lowest BCUT2D eigenvalue weighted by molar-refractivity contribution is -0.117. The van der Waals surface area contributed by atoms with E-state index in [4.69, 9.17) is 16.3 Å². The number of likely N-dealkylation sites (N-methyl/N-ethyl adjacent to an activating group) is 1. The second-order valence-electron chi connectivity index (χ2n) is 5.30. The molecule has 18 heavy (non-hydrogen) atoms. The molecule has 2 rings (SSSR count). The quantitative estimate of drug-likeness (QED) is 0.867. The monoisotopic (exact) mass is 268 g/mol. The van der Waals surface area contributed by atoms with Crippen LogP contribution in [0.2, 0.25) is 5.02 Å². The highest BCUT2D eigenvalue weighted by atomic mass is 35.5. The fourth-order valence-corrected chi connectivity index (χ4v) is 2.17. The lowest BCUT2D eigenvalue weighted by Crippen LogP contribution is -2.23. The Morgan fingerprint density at radius 3 is 2.61 bits per heavy atom. The van der Waals surface area contributed by atoms with Crippen molar-refractivity contribution in [1.29, 1.82) is 0 Å². The third kappa shape index (κ3) is 2.44. The number of benzene rings is 1. The fraction of sp³-hybridized carbons (Fsp3) is 0.462. The van der Waals surface area contributed by atoms with Gasteiger partial charge in [0, 0.05) is 17.3 Å². The summed E-state index contributed by atoms with van der Waals surface area (Å²) in [6.07, 6.45) is 0. The van der Waals surface area contributed by atoms with Gasteiger partial charge in [-0.3, -0.25) is 4.79 Å². The van der Waals surface area contributed by atoms with Crippen molar-refractivity contribution >= 4 is 23.2 Å². The highest BCUT2D eigenvalue weighted by Gasteiger charge is 2.31. The largest absolute Gasteiger partial charge is 0.487 e. The van der Waals surface area contributed by atoms with Crippen LogP contribution in [0.5, 0.6) is 5.75 Å². The zero-order chi connectivity index (χ0) is 13.5. The van der Waals surface area contributed by atoms with E-state index in [9.17, 15) is 4.79 Å². The van der Waals surface area contributed by atoms with Gasteiger partial charge in [0.05, 0.1) is 5.02 Å². The van der Waals surface area contributed by atoms with Crippen LogP contribution in [0.25, 0.3) is 0 Å². The van der Waals surface area contributed by atoms with Gasteiger partial charge in [-0.2, -0.15) is 0 Å². The number of amides is 1. The molecule has 5 heteroatoms. The van der Waals surface area contributed by atoms with Crippen molar-refractivity contribution in [3.05, 3.63) is 22.7 Å². The van der Waals surface area contributed by atoms with E-state index in [1.165, 1.54) is 0 Å². The Balaban J connectivity index is 2.40. The maximum atomic E-state index is 11.7. The summed E-state index contributed by atoms with van der Waals surface area (Å²) in [6.45, 7) is 5.85. The van der Waals surface area contributed by atoms with Crippen molar-refractivity contribution in [3.8, 4) is 5.75 Å². The first-order valence-corrected chi connectivity index (χ1v) is 6.20. The fourth-order valence-electron chi connectivity index (χ4n) is 1.96. The van der Waals surface area contributed by atoms with E-state index in [2.05, 4.69) is 10.6 Å². The number of rotatable bonds is 2. The molecule has 0 aliphatic carbocycles. The van der Waals surface area contributed by atoms with Crippen LogP contribution < -0.4 is 15.4 Å². The van der Waals surface area contributed by atoms with Crippen LogP contribution in [-0.2, 0) is 4.79 Å². The summed E-state index contributed by atoms with van der Waals surface area (Å²) in [5, 5.41) is 6.28. The van der Waals surface area contributed by atoms with Gasteiger partial charge in [0.1, 0.15) is 17.4 Å². The Labute approximate surface area is 112 Å². The molecular formula is C13H17ClN2O2. The highest BCUT2D eigenvalue weighted by molar-refractivity contribution is 6.32. The van der Waals surface area contributed by atoms with Crippen molar-refractivity contribution in [2.75, 3.05) is 12.4 Å². The first-order valence-electron chi connectivity index (χ1n) is 5.82. The lowest BCUT2D eigenvalue weighted by Gasteiger charge is -2.22. The molecule has 0 fully saturated rings. The summed E-state index contributed by atoms with van der Waals surface area (Å²) in [6, 6.07) is 3.20. The van der Waals surface area contributed by atoms with Gasteiger partial charge in [-0.25, -0.2) is 0 Å². The molecule has 1 aromatic rings. The predicted octanol–water partition coefficient (Wildman–Crippen LogP) is 2.73. The zero-order valence-corrected chi connectivity index (χ0v) is 11.7. The maximum Gasteiger partial charge on any atom is 0.246 e. The van der Waals surface area contributed by atoms with Gasteiger partial charge in [0.15, 0.2) is 0 Å². The minimum absolute atomic E-state index is 0.0727. The van der Waals surface area contributed by atoms with E-state index in [0.29, 0.717) is 10.8 Å². The molecule has 0 saturated carbocycles. The molecule has 1 atom stereocenters. The topological polar surface area (TPSA) is 50.4 Å². The summed E-state index contributed by atoms with van der Waals surface area (Å²) in [7, 11) is 1.74. The minimum Gasteiger partial charge on any atom is -0.487 e. The third-order valence-electron chi connectivity index (χ3n) is 2.64. The number of halogens is 1. The molecule has 1 unspecified atom stereocenters. The first-order chi connectivity index (χ1) is 8.31. The van der Waals surface area contributed by atoms with Gasteiger partial charge in [0.2, 0.25) is 5.91 Å². The number of hydrogen-bond donors (Lipinski definition) is 2. The number of carbonyl (C=O) groups is 1. The SMILES string of the molecule is CNC1C(=O)Nc2cc(OC(C)(C)C)c(Cl)cc21. The predicted molar refractivity (Wildman–Crippen MR) is 72.3 cm³/mol. The van der Waals surface area contributed by atoms with Gasteiger partial charge in [-0.15, -0.1) is 0 Å². The molecule has 2 N–H and O–H groups in total. The molecule has 0 bridgehead atoms. The minimum atomic E-state index is -0.346. The Bertz CT molecular complexity index is 494. The number of fused-ring (bicyclic) bond motifs is 1. The van der Waals surface area contributed by atoms with Crippen LogP contribution in [0.1, 0.15) is 32.4 Å². The number of nitrogens with one attached hydrogen (secondary N) is 2. The summed E-state index contributed by atoms with van der Waals surface area (Å²) in [4.78, 5) is 11.7. The molecule has 98 valence electrons. The van der Waals surface area contributed by atoms with Gasteiger partial charge < -0.3 is 15.4 Å². The van der Waals surface area contributed by atoms with Gasteiger partial charge in [-0.1, -0.05) is 11.6 Å². The maximum absolute atomic E-state index is 11.7. The molecule has 1 aromatic carbocycles. The van der Waals surface area contributed by atoms with Crippen LogP contribution in [-0.4, -0.2) is 18.6 Å². The number of hydrogen-bond acceptors (Lipinski definition) is 3. The van der Waals surface area contributed by atoms with Crippen LogP contribution in [0.4, 0.5) is 5.69 Å². The molecule has 1 aliphatic rings. The molecular weight excluding hydrogens is 252 g/mol.